The number of hydrogen-bond donors (Lipinski definition) is 2. The lowest BCUT2D eigenvalue weighted by atomic mass is 9.86. The summed E-state index contributed by atoms with van der Waals surface area (Å²) in [7, 11) is 1.60. The van der Waals surface area contributed by atoms with Gasteiger partial charge in [0.25, 0.3) is 5.89 Å². The van der Waals surface area contributed by atoms with E-state index < -0.39 is 6.10 Å². The van der Waals surface area contributed by atoms with Crippen LogP contribution in [-0.4, -0.2) is 51.8 Å². The Hall–Kier alpha value is -2.68. The minimum atomic E-state index is -0.976. The van der Waals surface area contributed by atoms with Crippen LogP contribution in [0.5, 0.6) is 11.6 Å². The normalized spacial score (nSPS) is 15.4. The van der Waals surface area contributed by atoms with E-state index in [1.165, 1.54) is 19.3 Å². The Bertz CT molecular complexity index is 1070. The third-order valence-corrected chi connectivity index (χ3v) is 6.13. The molecule has 0 amide bonds. The number of aliphatic hydroxyl groups excluding tert-OH is 2. The smallest absolute Gasteiger partial charge is 0.258 e. The molecule has 0 bridgehead atoms. The van der Waals surface area contributed by atoms with Gasteiger partial charge < -0.3 is 24.2 Å². The molecule has 2 aromatic heterocycles. The summed E-state index contributed by atoms with van der Waals surface area (Å²) < 4.78 is 16.6. The van der Waals surface area contributed by atoms with Gasteiger partial charge >= 0.3 is 0 Å². The largest absolute Gasteiger partial charge is 0.489 e. The lowest BCUT2D eigenvalue weighted by Crippen LogP contribution is -2.21. The lowest BCUT2D eigenvalue weighted by Gasteiger charge is -2.21. The van der Waals surface area contributed by atoms with Crippen molar-refractivity contribution in [1.29, 1.82) is 0 Å². The van der Waals surface area contributed by atoms with Gasteiger partial charge in [-0.15, -0.1) is 0 Å². The quantitative estimate of drug-likeness (QED) is 0.490. The fourth-order valence-electron chi connectivity index (χ4n) is 4.09. The molecule has 1 fully saturated rings. The maximum atomic E-state index is 9.52. The van der Waals surface area contributed by atoms with Crippen molar-refractivity contribution in [1.82, 2.24) is 15.1 Å². The average molecular weight is 474 g/mol. The molecule has 0 radical (unpaired) electrons. The molecular weight excluding hydrogens is 446 g/mol. The zero-order valence-electron chi connectivity index (χ0n) is 18.8. The van der Waals surface area contributed by atoms with E-state index in [1.54, 1.807) is 19.2 Å². The topological polar surface area (TPSA) is 111 Å². The molecule has 0 aliphatic heterocycles. The molecule has 33 heavy (non-hydrogen) atoms. The molecule has 1 aliphatic rings. The van der Waals surface area contributed by atoms with E-state index in [9.17, 15) is 5.11 Å². The highest BCUT2D eigenvalue weighted by atomic mass is 35.5. The Balaban J connectivity index is 1.60. The van der Waals surface area contributed by atoms with Crippen LogP contribution in [0.3, 0.4) is 0 Å². The standard InChI is InChI=1S/C24H28ClN3O5/c1-14-8-16(9-19(25)22(14)32-13-18(30)12-29)23-27-24(33-28-23)17-10-20(26-21(11-17)31-2)15-6-4-3-5-7-15/h8-11,15,18,29-30H,3-7,12-13H2,1-2H3. The Labute approximate surface area is 197 Å². The fourth-order valence-corrected chi connectivity index (χ4v) is 4.42. The van der Waals surface area contributed by atoms with Crippen molar-refractivity contribution in [2.45, 2.75) is 51.0 Å². The van der Waals surface area contributed by atoms with Crippen molar-refractivity contribution in [3.63, 3.8) is 0 Å². The summed E-state index contributed by atoms with van der Waals surface area (Å²) in [5.74, 6) is 2.15. The summed E-state index contributed by atoms with van der Waals surface area (Å²) in [6.07, 6.45) is 4.96. The molecule has 2 heterocycles. The first-order chi connectivity index (χ1) is 16.0. The van der Waals surface area contributed by atoms with Gasteiger partial charge in [-0.1, -0.05) is 36.0 Å². The monoisotopic (exact) mass is 473 g/mol. The van der Waals surface area contributed by atoms with Crippen LogP contribution in [0.15, 0.2) is 28.8 Å². The second kappa shape index (κ2) is 10.5. The van der Waals surface area contributed by atoms with Crippen molar-refractivity contribution in [2.75, 3.05) is 20.3 Å². The van der Waals surface area contributed by atoms with Crippen LogP contribution in [0.4, 0.5) is 0 Å². The minimum Gasteiger partial charge on any atom is -0.489 e. The maximum absolute atomic E-state index is 9.52. The number of aromatic nitrogens is 3. The average Bonchev–Trinajstić information content (AvgIpc) is 3.34. The van der Waals surface area contributed by atoms with Crippen LogP contribution in [0.1, 0.15) is 49.3 Å². The van der Waals surface area contributed by atoms with E-state index in [0.29, 0.717) is 39.8 Å². The van der Waals surface area contributed by atoms with Gasteiger partial charge in [0, 0.05) is 28.8 Å². The van der Waals surface area contributed by atoms with Crippen LogP contribution in [0.2, 0.25) is 5.02 Å². The van der Waals surface area contributed by atoms with Gasteiger partial charge in [0.15, 0.2) is 0 Å². The number of nitrogens with zero attached hydrogens (tertiary/aromatic N) is 3. The van der Waals surface area contributed by atoms with Gasteiger partial charge in [-0.2, -0.15) is 4.98 Å². The van der Waals surface area contributed by atoms with Crippen LogP contribution >= 0.6 is 11.6 Å². The number of benzene rings is 1. The van der Waals surface area contributed by atoms with Gasteiger partial charge in [0.2, 0.25) is 11.7 Å². The summed E-state index contributed by atoms with van der Waals surface area (Å²) in [5, 5.41) is 23.0. The first kappa shape index (κ1) is 23.5. The zero-order valence-corrected chi connectivity index (χ0v) is 19.5. The SMILES string of the molecule is COc1cc(-c2nc(-c3cc(C)c(OCC(O)CO)c(Cl)c3)no2)cc(C2CCCCC2)n1. The van der Waals surface area contributed by atoms with Crippen molar-refractivity contribution in [3.8, 4) is 34.5 Å². The first-order valence-corrected chi connectivity index (χ1v) is 11.5. The summed E-state index contributed by atoms with van der Waals surface area (Å²) in [6, 6.07) is 7.33. The molecule has 3 aromatic rings. The summed E-state index contributed by atoms with van der Waals surface area (Å²) in [5.41, 5.74) is 3.19. The van der Waals surface area contributed by atoms with Crippen LogP contribution in [-0.2, 0) is 0 Å². The van der Waals surface area contributed by atoms with Crippen LogP contribution in [0.25, 0.3) is 22.8 Å². The summed E-state index contributed by atoms with van der Waals surface area (Å²) >= 11 is 6.40. The van der Waals surface area contributed by atoms with Crippen molar-refractivity contribution in [3.05, 3.63) is 40.5 Å². The number of aliphatic hydroxyl groups is 2. The molecule has 4 rings (SSSR count). The molecule has 1 aliphatic carbocycles. The van der Waals surface area contributed by atoms with E-state index in [0.717, 1.165) is 29.7 Å². The zero-order chi connectivity index (χ0) is 23.4. The molecule has 9 heteroatoms. The Morgan fingerprint density at radius 2 is 1.91 bits per heavy atom. The molecule has 1 aromatic carbocycles. The number of halogens is 1. The number of methoxy groups -OCH3 is 1. The second-order valence-corrected chi connectivity index (χ2v) is 8.74. The molecule has 1 atom stereocenters. The van der Waals surface area contributed by atoms with Gasteiger partial charge in [-0.05, 0) is 43.5 Å². The molecule has 0 saturated heterocycles. The van der Waals surface area contributed by atoms with Gasteiger partial charge in [0.1, 0.15) is 18.5 Å². The minimum absolute atomic E-state index is 0.0596. The second-order valence-electron chi connectivity index (χ2n) is 8.33. The molecular formula is C24H28ClN3O5. The van der Waals surface area contributed by atoms with Crippen molar-refractivity contribution >= 4 is 11.6 Å². The van der Waals surface area contributed by atoms with E-state index in [4.69, 9.17) is 30.7 Å². The molecule has 176 valence electrons. The molecule has 0 spiro atoms. The molecule has 8 nitrogen and oxygen atoms in total. The predicted octanol–water partition coefficient (Wildman–Crippen LogP) is 4.55. The molecule has 1 unspecified atom stereocenters. The highest BCUT2D eigenvalue weighted by Crippen LogP contribution is 2.36. The lowest BCUT2D eigenvalue weighted by molar-refractivity contribution is 0.0534. The highest BCUT2D eigenvalue weighted by Gasteiger charge is 2.21. The summed E-state index contributed by atoms with van der Waals surface area (Å²) in [6.45, 7) is 1.39. The predicted molar refractivity (Wildman–Crippen MR) is 124 cm³/mol. The van der Waals surface area contributed by atoms with E-state index in [2.05, 4.69) is 15.1 Å². The Morgan fingerprint density at radius 3 is 2.61 bits per heavy atom. The van der Waals surface area contributed by atoms with E-state index >= 15 is 0 Å². The summed E-state index contributed by atoms with van der Waals surface area (Å²) in [4.78, 5) is 9.24. The Morgan fingerprint density at radius 1 is 1.12 bits per heavy atom. The van der Waals surface area contributed by atoms with Crippen LogP contribution in [0, 0.1) is 6.92 Å². The highest BCUT2D eigenvalue weighted by molar-refractivity contribution is 6.32. The van der Waals surface area contributed by atoms with Crippen LogP contribution < -0.4 is 9.47 Å². The Kier molecular flexibility index (Phi) is 7.47. The third-order valence-electron chi connectivity index (χ3n) is 5.85. The number of aryl methyl sites for hydroxylation is 1. The van der Waals surface area contributed by atoms with Crippen molar-refractivity contribution < 1.29 is 24.2 Å². The fraction of sp³-hybridized carbons (Fsp3) is 0.458. The number of hydrogen-bond acceptors (Lipinski definition) is 8. The number of rotatable bonds is 8. The van der Waals surface area contributed by atoms with E-state index in [1.807, 2.05) is 19.1 Å². The molecule has 2 N–H and O–H groups in total. The number of ether oxygens (including phenoxy) is 2. The van der Waals surface area contributed by atoms with Gasteiger partial charge in [-0.25, -0.2) is 4.98 Å². The third kappa shape index (κ3) is 5.46. The maximum Gasteiger partial charge on any atom is 0.258 e. The first-order valence-electron chi connectivity index (χ1n) is 11.1. The van der Waals surface area contributed by atoms with Gasteiger partial charge in [0.05, 0.1) is 18.7 Å². The number of pyridine rings is 1. The molecule has 1 saturated carbocycles. The van der Waals surface area contributed by atoms with E-state index in [-0.39, 0.29) is 13.2 Å². The van der Waals surface area contributed by atoms with Gasteiger partial charge in [-0.3, -0.25) is 0 Å². The van der Waals surface area contributed by atoms with Crippen molar-refractivity contribution in [2.24, 2.45) is 0 Å².